The van der Waals surface area contributed by atoms with Crippen LogP contribution in [0.4, 0.5) is 0 Å². The third-order valence-electron chi connectivity index (χ3n) is 3.03. The van der Waals surface area contributed by atoms with Gasteiger partial charge in [-0.05, 0) is 41.8 Å². The number of carbonyl (C=O) groups excluding carboxylic acids is 2. The van der Waals surface area contributed by atoms with Crippen molar-refractivity contribution in [2.45, 2.75) is 6.42 Å². The Bertz CT molecular complexity index is 674. The van der Waals surface area contributed by atoms with Crippen LogP contribution < -0.4 is 0 Å². The fourth-order valence-corrected chi connectivity index (χ4v) is 2.34. The highest BCUT2D eigenvalue weighted by molar-refractivity contribution is 9.10. The van der Waals surface area contributed by atoms with Crippen LogP contribution in [0.3, 0.4) is 0 Å². The summed E-state index contributed by atoms with van der Waals surface area (Å²) in [6.07, 6.45) is 0.710. The first-order valence-electron chi connectivity index (χ1n) is 5.77. The number of hydrogen-bond acceptors (Lipinski definition) is 3. The molecule has 19 heavy (non-hydrogen) atoms. The van der Waals surface area contributed by atoms with E-state index < -0.39 is 11.9 Å². The standard InChI is InChI=1S/C15H9BrO3/c16-11-4-1-9(2-5-11)7-10-3-6-12-13(8-10)15(18)19-14(12)17/h1-6,8H,7H2. The zero-order chi connectivity index (χ0) is 13.4. The number of fused-ring (bicyclic) bond motifs is 1. The van der Waals surface area contributed by atoms with E-state index in [4.69, 9.17) is 0 Å². The Labute approximate surface area is 118 Å². The highest BCUT2D eigenvalue weighted by Gasteiger charge is 2.29. The molecule has 0 saturated carbocycles. The zero-order valence-electron chi connectivity index (χ0n) is 9.85. The molecule has 0 bridgehead atoms. The summed E-state index contributed by atoms with van der Waals surface area (Å²) in [7, 11) is 0. The maximum Gasteiger partial charge on any atom is 0.346 e. The van der Waals surface area contributed by atoms with Crippen molar-refractivity contribution < 1.29 is 14.3 Å². The summed E-state index contributed by atoms with van der Waals surface area (Å²) in [5.74, 6) is -1.12. The predicted octanol–water partition coefficient (Wildman–Crippen LogP) is 3.35. The molecule has 0 unspecified atom stereocenters. The Kier molecular flexibility index (Phi) is 2.95. The van der Waals surface area contributed by atoms with Gasteiger partial charge in [0.2, 0.25) is 0 Å². The van der Waals surface area contributed by atoms with E-state index in [2.05, 4.69) is 20.7 Å². The summed E-state index contributed by atoms with van der Waals surface area (Å²) in [5.41, 5.74) is 2.83. The fraction of sp³-hybridized carbons (Fsp3) is 0.0667. The lowest BCUT2D eigenvalue weighted by molar-refractivity contribution is 0.0444. The zero-order valence-corrected chi connectivity index (χ0v) is 11.4. The van der Waals surface area contributed by atoms with E-state index in [9.17, 15) is 9.59 Å². The van der Waals surface area contributed by atoms with E-state index in [1.54, 1.807) is 12.1 Å². The molecule has 0 aromatic heterocycles. The Hall–Kier alpha value is -1.94. The highest BCUT2D eigenvalue weighted by Crippen LogP contribution is 2.22. The minimum atomic E-state index is -0.560. The van der Waals surface area contributed by atoms with Crippen LogP contribution in [-0.4, -0.2) is 11.9 Å². The van der Waals surface area contributed by atoms with E-state index in [0.29, 0.717) is 17.5 Å². The fourth-order valence-electron chi connectivity index (χ4n) is 2.08. The van der Waals surface area contributed by atoms with Crippen molar-refractivity contribution in [2.24, 2.45) is 0 Å². The van der Waals surface area contributed by atoms with Gasteiger partial charge in [-0.25, -0.2) is 9.59 Å². The third-order valence-corrected chi connectivity index (χ3v) is 3.56. The number of rotatable bonds is 2. The van der Waals surface area contributed by atoms with E-state index >= 15 is 0 Å². The predicted molar refractivity (Wildman–Crippen MR) is 73.1 cm³/mol. The Balaban J connectivity index is 1.91. The van der Waals surface area contributed by atoms with Crippen LogP contribution in [0.25, 0.3) is 0 Å². The topological polar surface area (TPSA) is 43.4 Å². The molecule has 1 heterocycles. The summed E-state index contributed by atoms with van der Waals surface area (Å²) >= 11 is 3.39. The SMILES string of the molecule is O=C1OC(=O)c2cc(Cc3ccc(Br)cc3)ccc21. The molecule has 0 aliphatic carbocycles. The molecule has 0 radical (unpaired) electrons. The second-order valence-electron chi connectivity index (χ2n) is 4.36. The maximum atomic E-state index is 11.5. The van der Waals surface area contributed by atoms with Gasteiger partial charge in [0.15, 0.2) is 0 Å². The smallest absolute Gasteiger partial charge is 0.346 e. The number of benzene rings is 2. The summed E-state index contributed by atoms with van der Waals surface area (Å²) < 4.78 is 5.60. The van der Waals surface area contributed by atoms with Gasteiger partial charge >= 0.3 is 11.9 Å². The van der Waals surface area contributed by atoms with Crippen molar-refractivity contribution >= 4 is 27.9 Å². The molecule has 1 aliphatic rings. The number of esters is 2. The first-order chi connectivity index (χ1) is 9.13. The summed E-state index contributed by atoms with van der Waals surface area (Å²) in [6, 6.07) is 13.2. The lowest BCUT2D eigenvalue weighted by Gasteiger charge is -2.03. The van der Waals surface area contributed by atoms with Gasteiger partial charge < -0.3 is 4.74 Å². The molecule has 0 amide bonds. The first-order valence-corrected chi connectivity index (χ1v) is 6.56. The monoisotopic (exact) mass is 316 g/mol. The van der Waals surface area contributed by atoms with Crippen molar-refractivity contribution in [3.05, 3.63) is 69.2 Å². The molecule has 3 rings (SSSR count). The van der Waals surface area contributed by atoms with Crippen LogP contribution in [0.1, 0.15) is 31.8 Å². The Morgan fingerprint density at radius 2 is 1.47 bits per heavy atom. The van der Waals surface area contributed by atoms with Crippen LogP contribution in [0.2, 0.25) is 0 Å². The molecule has 2 aromatic rings. The molecular formula is C15H9BrO3. The van der Waals surface area contributed by atoms with E-state index in [-0.39, 0.29) is 0 Å². The summed E-state index contributed by atoms with van der Waals surface area (Å²) in [4.78, 5) is 22.8. The third kappa shape index (κ3) is 2.31. The van der Waals surface area contributed by atoms with Gasteiger partial charge in [-0.1, -0.05) is 34.1 Å². The average Bonchev–Trinajstić information content (AvgIpc) is 2.68. The van der Waals surface area contributed by atoms with E-state index in [1.807, 2.05) is 30.3 Å². The van der Waals surface area contributed by atoms with Crippen LogP contribution in [0.15, 0.2) is 46.9 Å². The Morgan fingerprint density at radius 3 is 2.21 bits per heavy atom. The number of ether oxygens (including phenoxy) is 1. The number of cyclic esters (lactones) is 2. The largest absolute Gasteiger partial charge is 0.386 e. The minimum absolute atomic E-state index is 0.351. The van der Waals surface area contributed by atoms with Gasteiger partial charge in [0.25, 0.3) is 0 Å². The highest BCUT2D eigenvalue weighted by atomic mass is 79.9. The van der Waals surface area contributed by atoms with Crippen LogP contribution in [0, 0.1) is 0 Å². The second-order valence-corrected chi connectivity index (χ2v) is 5.28. The second kappa shape index (κ2) is 4.63. The molecule has 0 saturated heterocycles. The molecule has 2 aromatic carbocycles. The van der Waals surface area contributed by atoms with E-state index in [0.717, 1.165) is 15.6 Å². The molecule has 0 spiro atoms. The molecular weight excluding hydrogens is 308 g/mol. The van der Waals surface area contributed by atoms with Gasteiger partial charge in [0.05, 0.1) is 11.1 Å². The van der Waals surface area contributed by atoms with Crippen LogP contribution in [-0.2, 0) is 11.2 Å². The van der Waals surface area contributed by atoms with E-state index in [1.165, 1.54) is 0 Å². The summed E-state index contributed by atoms with van der Waals surface area (Å²) in [5, 5.41) is 0. The van der Waals surface area contributed by atoms with Gasteiger partial charge in [0.1, 0.15) is 0 Å². The Morgan fingerprint density at radius 1 is 0.842 bits per heavy atom. The molecule has 94 valence electrons. The first kappa shape index (κ1) is 12.1. The van der Waals surface area contributed by atoms with Gasteiger partial charge in [-0.15, -0.1) is 0 Å². The lowest BCUT2D eigenvalue weighted by atomic mass is 10.0. The molecule has 4 heteroatoms. The normalized spacial score (nSPS) is 13.3. The number of hydrogen-bond donors (Lipinski definition) is 0. The van der Waals surface area contributed by atoms with Gasteiger partial charge in [-0.3, -0.25) is 0 Å². The molecule has 0 N–H and O–H groups in total. The maximum absolute atomic E-state index is 11.5. The molecule has 0 atom stereocenters. The van der Waals surface area contributed by atoms with Crippen molar-refractivity contribution in [1.82, 2.24) is 0 Å². The average molecular weight is 317 g/mol. The van der Waals surface area contributed by atoms with Crippen molar-refractivity contribution in [1.29, 1.82) is 0 Å². The van der Waals surface area contributed by atoms with Gasteiger partial charge in [0, 0.05) is 4.47 Å². The molecule has 1 aliphatic heterocycles. The molecule has 0 fully saturated rings. The quantitative estimate of drug-likeness (QED) is 0.630. The van der Waals surface area contributed by atoms with Crippen LogP contribution in [0.5, 0.6) is 0 Å². The van der Waals surface area contributed by atoms with Gasteiger partial charge in [-0.2, -0.15) is 0 Å². The molecule has 3 nitrogen and oxygen atoms in total. The number of carbonyl (C=O) groups is 2. The van der Waals surface area contributed by atoms with Crippen molar-refractivity contribution in [2.75, 3.05) is 0 Å². The number of halogens is 1. The summed E-state index contributed by atoms with van der Waals surface area (Å²) in [6.45, 7) is 0. The minimum Gasteiger partial charge on any atom is -0.386 e. The lowest BCUT2D eigenvalue weighted by Crippen LogP contribution is -1.97. The van der Waals surface area contributed by atoms with Crippen molar-refractivity contribution in [3.8, 4) is 0 Å². The van der Waals surface area contributed by atoms with Crippen molar-refractivity contribution in [3.63, 3.8) is 0 Å². The van der Waals surface area contributed by atoms with Crippen LogP contribution >= 0.6 is 15.9 Å².